The van der Waals surface area contributed by atoms with Gasteiger partial charge in [0.05, 0.1) is 24.5 Å². The van der Waals surface area contributed by atoms with Gasteiger partial charge in [-0.25, -0.2) is 9.78 Å². The average Bonchev–Trinajstić information content (AvgIpc) is 3.35. The Labute approximate surface area is 195 Å². The summed E-state index contributed by atoms with van der Waals surface area (Å²) in [7, 11) is 4.07. The van der Waals surface area contributed by atoms with Crippen LogP contribution in [0.4, 0.5) is 16.3 Å². The zero-order chi connectivity index (χ0) is 23.8. The fraction of sp³-hybridized carbons (Fsp3) is 0.480. The molecule has 2 aromatic rings. The van der Waals surface area contributed by atoms with Crippen LogP contribution in [-0.2, 0) is 22.6 Å². The Bertz CT molecular complexity index is 1050. The topological polar surface area (TPSA) is 90.8 Å². The highest BCUT2D eigenvalue weighted by molar-refractivity contribution is 6.11. The number of carbonyl (C=O) groups is 1. The van der Waals surface area contributed by atoms with Gasteiger partial charge in [0.1, 0.15) is 17.3 Å². The zero-order valence-electron chi connectivity index (χ0n) is 20.1. The Balaban J connectivity index is 1.60. The molecule has 1 fully saturated rings. The van der Waals surface area contributed by atoms with Gasteiger partial charge in [-0.2, -0.15) is 0 Å². The molecule has 1 saturated heterocycles. The minimum Gasteiger partial charge on any atom is -0.443 e. The van der Waals surface area contributed by atoms with E-state index in [1.54, 1.807) is 0 Å². The molecule has 8 heteroatoms. The summed E-state index contributed by atoms with van der Waals surface area (Å²) in [5.41, 5.74) is 4.00. The summed E-state index contributed by atoms with van der Waals surface area (Å²) in [6.45, 7) is 8.04. The molecule has 1 aromatic carbocycles. The molecule has 0 saturated carbocycles. The number of hydrogen-bond donors (Lipinski definition) is 2. The van der Waals surface area contributed by atoms with E-state index >= 15 is 0 Å². The lowest BCUT2D eigenvalue weighted by atomic mass is 9.96. The Morgan fingerprint density at radius 3 is 2.76 bits per heavy atom. The molecule has 1 unspecified atom stereocenters. The maximum Gasteiger partial charge on any atom is 0.416 e. The highest BCUT2D eigenvalue weighted by Gasteiger charge is 2.34. The molecule has 0 radical (unpaired) electrons. The number of hydrogen-bond acceptors (Lipinski definition) is 7. The van der Waals surface area contributed by atoms with Crippen LogP contribution in [0.3, 0.4) is 0 Å². The van der Waals surface area contributed by atoms with Gasteiger partial charge in [-0.15, -0.1) is 0 Å². The number of nitrogens with zero attached hydrogens (tertiary/aromatic N) is 3. The molecule has 8 nitrogen and oxygen atoms in total. The van der Waals surface area contributed by atoms with E-state index < -0.39 is 11.7 Å². The molecule has 3 heterocycles. The van der Waals surface area contributed by atoms with Gasteiger partial charge in [0.25, 0.3) is 0 Å². The normalized spacial score (nSPS) is 18.1. The third kappa shape index (κ3) is 5.17. The maximum atomic E-state index is 12.6. The number of amidine groups is 1. The van der Waals surface area contributed by atoms with E-state index in [4.69, 9.17) is 19.9 Å². The molecule has 33 heavy (non-hydrogen) atoms. The quantitative estimate of drug-likeness (QED) is 0.697. The van der Waals surface area contributed by atoms with Crippen LogP contribution in [0, 0.1) is 5.41 Å². The SMILES string of the molecule is CN(C)Cc1nc(Nc2cccc3c2C(=N)N(C(=O)OC(C)(C)C)C3)ccc1C1CCOC1. The lowest BCUT2D eigenvalue weighted by Crippen LogP contribution is -2.37. The highest BCUT2D eigenvalue weighted by atomic mass is 16.6. The molecule has 0 spiro atoms. The number of amides is 1. The highest BCUT2D eigenvalue weighted by Crippen LogP contribution is 2.33. The second-order valence-corrected chi connectivity index (χ2v) is 9.91. The molecule has 176 valence electrons. The molecule has 1 aromatic heterocycles. The Hall–Kier alpha value is -2.97. The number of fused-ring (bicyclic) bond motifs is 1. The van der Waals surface area contributed by atoms with E-state index in [1.807, 2.05) is 59.1 Å². The fourth-order valence-electron chi connectivity index (χ4n) is 4.27. The van der Waals surface area contributed by atoms with Crippen molar-refractivity contribution in [2.45, 2.75) is 51.8 Å². The molecular weight excluding hydrogens is 418 g/mol. The van der Waals surface area contributed by atoms with Crippen molar-refractivity contribution in [2.75, 3.05) is 32.6 Å². The van der Waals surface area contributed by atoms with Crippen LogP contribution >= 0.6 is 0 Å². The van der Waals surface area contributed by atoms with Crippen molar-refractivity contribution in [3.05, 3.63) is 52.7 Å². The predicted octanol–water partition coefficient (Wildman–Crippen LogP) is 4.47. The Kier molecular flexibility index (Phi) is 6.41. The van der Waals surface area contributed by atoms with Crippen molar-refractivity contribution in [3.63, 3.8) is 0 Å². The van der Waals surface area contributed by atoms with Gasteiger partial charge in [0.15, 0.2) is 0 Å². The van der Waals surface area contributed by atoms with Crippen molar-refractivity contribution in [3.8, 4) is 0 Å². The van der Waals surface area contributed by atoms with Crippen LogP contribution in [-0.4, -0.2) is 59.6 Å². The molecule has 2 aliphatic rings. The third-order valence-electron chi connectivity index (χ3n) is 5.71. The standard InChI is InChI=1S/C25H33N5O3/c1-25(2,3)33-24(31)30-13-16-7-6-8-19(22(16)23(30)26)27-21-10-9-18(17-11-12-32-15-17)20(28-21)14-29(4)5/h6-10,17,26H,11-15H2,1-5H3,(H,27,28). The summed E-state index contributed by atoms with van der Waals surface area (Å²) in [5, 5.41) is 12.1. The Morgan fingerprint density at radius 1 is 1.30 bits per heavy atom. The van der Waals surface area contributed by atoms with Crippen molar-refractivity contribution >= 4 is 23.4 Å². The molecule has 1 atom stereocenters. The average molecular weight is 452 g/mol. The number of aromatic nitrogens is 1. The summed E-state index contributed by atoms with van der Waals surface area (Å²) in [6.07, 6.45) is 0.503. The number of pyridine rings is 1. The van der Waals surface area contributed by atoms with E-state index in [1.165, 1.54) is 10.5 Å². The van der Waals surface area contributed by atoms with Gasteiger partial charge >= 0.3 is 6.09 Å². The van der Waals surface area contributed by atoms with E-state index in [9.17, 15) is 4.79 Å². The zero-order valence-corrected chi connectivity index (χ0v) is 20.1. The molecule has 4 rings (SSSR count). The van der Waals surface area contributed by atoms with Crippen LogP contribution < -0.4 is 5.32 Å². The van der Waals surface area contributed by atoms with Gasteiger partial charge in [-0.3, -0.25) is 10.3 Å². The molecule has 2 N–H and O–H groups in total. The summed E-state index contributed by atoms with van der Waals surface area (Å²) >= 11 is 0. The van der Waals surface area contributed by atoms with Crippen molar-refractivity contribution in [1.29, 1.82) is 5.41 Å². The van der Waals surface area contributed by atoms with E-state index in [0.29, 0.717) is 23.8 Å². The first-order chi connectivity index (χ1) is 15.6. The molecule has 2 aliphatic heterocycles. The molecule has 0 bridgehead atoms. The van der Waals surface area contributed by atoms with Crippen LogP contribution in [0.5, 0.6) is 0 Å². The smallest absolute Gasteiger partial charge is 0.416 e. The van der Waals surface area contributed by atoms with Gasteiger partial charge in [0.2, 0.25) is 0 Å². The second-order valence-electron chi connectivity index (χ2n) is 9.91. The van der Waals surface area contributed by atoms with Crippen molar-refractivity contribution in [2.24, 2.45) is 0 Å². The minimum atomic E-state index is -0.619. The number of rotatable bonds is 5. The number of anilines is 2. The van der Waals surface area contributed by atoms with Gasteiger partial charge in [-0.05, 0) is 64.5 Å². The summed E-state index contributed by atoms with van der Waals surface area (Å²) in [5.74, 6) is 1.22. The summed E-state index contributed by atoms with van der Waals surface area (Å²) in [6, 6.07) is 9.90. The van der Waals surface area contributed by atoms with Gasteiger partial charge in [0, 0.05) is 24.6 Å². The third-order valence-corrected chi connectivity index (χ3v) is 5.71. The summed E-state index contributed by atoms with van der Waals surface area (Å²) < 4.78 is 11.1. The fourth-order valence-corrected chi connectivity index (χ4v) is 4.27. The molecular formula is C25H33N5O3. The van der Waals surface area contributed by atoms with E-state index in [-0.39, 0.29) is 5.84 Å². The number of benzene rings is 1. The first-order valence-electron chi connectivity index (χ1n) is 11.3. The second kappa shape index (κ2) is 9.11. The molecule has 0 aliphatic carbocycles. The van der Waals surface area contributed by atoms with Gasteiger partial charge in [-0.1, -0.05) is 18.2 Å². The number of carbonyl (C=O) groups excluding carboxylic acids is 1. The van der Waals surface area contributed by atoms with Crippen LogP contribution in [0.25, 0.3) is 0 Å². The van der Waals surface area contributed by atoms with Crippen molar-refractivity contribution in [1.82, 2.24) is 14.8 Å². The lowest BCUT2D eigenvalue weighted by Gasteiger charge is -2.24. The van der Waals surface area contributed by atoms with Crippen LogP contribution in [0.2, 0.25) is 0 Å². The lowest BCUT2D eigenvalue weighted by molar-refractivity contribution is 0.0367. The summed E-state index contributed by atoms with van der Waals surface area (Å²) in [4.78, 5) is 21.0. The Morgan fingerprint density at radius 2 is 2.09 bits per heavy atom. The minimum absolute atomic E-state index is 0.135. The van der Waals surface area contributed by atoms with E-state index in [0.717, 1.165) is 43.1 Å². The first kappa shape index (κ1) is 23.2. The van der Waals surface area contributed by atoms with Gasteiger partial charge < -0.3 is 19.7 Å². The van der Waals surface area contributed by atoms with Crippen LogP contribution in [0.1, 0.15) is 55.5 Å². The molecule has 1 amide bonds. The number of ether oxygens (including phenoxy) is 2. The predicted molar refractivity (Wildman–Crippen MR) is 128 cm³/mol. The van der Waals surface area contributed by atoms with Crippen LogP contribution in [0.15, 0.2) is 30.3 Å². The van der Waals surface area contributed by atoms with E-state index in [2.05, 4.69) is 16.3 Å². The first-order valence-corrected chi connectivity index (χ1v) is 11.3. The number of nitrogens with one attached hydrogen (secondary N) is 2. The largest absolute Gasteiger partial charge is 0.443 e. The van der Waals surface area contributed by atoms with Crippen molar-refractivity contribution < 1.29 is 14.3 Å². The maximum absolute atomic E-state index is 12.6. The monoisotopic (exact) mass is 451 g/mol.